The first-order chi connectivity index (χ1) is 12.1. The fourth-order valence-electron chi connectivity index (χ4n) is 3.46. The summed E-state index contributed by atoms with van der Waals surface area (Å²) in [5.74, 6) is -0.452. The Morgan fingerprint density at radius 3 is 2.65 bits per heavy atom. The van der Waals surface area contributed by atoms with E-state index in [-0.39, 0.29) is 11.6 Å². The lowest BCUT2D eigenvalue weighted by atomic mass is 10.1. The molecule has 1 aliphatic rings. The predicted molar refractivity (Wildman–Crippen MR) is 90.7 cm³/mol. The van der Waals surface area contributed by atoms with E-state index in [1.165, 1.54) is 16.4 Å². The highest BCUT2D eigenvalue weighted by molar-refractivity contribution is 7.88. The summed E-state index contributed by atoms with van der Waals surface area (Å²) in [6.45, 7) is 2.19. The molecule has 2 aromatic rings. The molecule has 3 rings (SSSR count). The fourth-order valence-corrected chi connectivity index (χ4v) is 5.24. The summed E-state index contributed by atoms with van der Waals surface area (Å²) in [5, 5.41) is 4.26. The molecule has 0 spiro atoms. The maximum atomic E-state index is 12.9. The average molecular weight is 387 g/mol. The maximum Gasteiger partial charge on any atom is 0.416 e. The minimum atomic E-state index is -4.50. The zero-order valence-corrected chi connectivity index (χ0v) is 15.3. The summed E-state index contributed by atoms with van der Waals surface area (Å²) < 4.78 is 67.4. The summed E-state index contributed by atoms with van der Waals surface area (Å²) in [4.78, 5) is 0. The van der Waals surface area contributed by atoms with Gasteiger partial charge in [0.05, 0.1) is 23.1 Å². The highest BCUT2D eigenvalue weighted by atomic mass is 32.2. The Labute approximate surface area is 150 Å². The molecule has 0 radical (unpaired) electrons. The second-order valence-electron chi connectivity index (χ2n) is 6.57. The zero-order valence-electron chi connectivity index (χ0n) is 14.5. The molecule has 1 aliphatic heterocycles. The molecule has 1 saturated heterocycles. The van der Waals surface area contributed by atoms with Gasteiger partial charge in [0.15, 0.2) is 0 Å². The van der Waals surface area contributed by atoms with Gasteiger partial charge in [-0.25, -0.2) is 8.42 Å². The molecule has 26 heavy (non-hydrogen) atoms. The van der Waals surface area contributed by atoms with Crippen LogP contribution in [0.2, 0.25) is 0 Å². The highest BCUT2D eigenvalue weighted by Crippen LogP contribution is 2.37. The van der Waals surface area contributed by atoms with Crippen molar-refractivity contribution in [1.29, 1.82) is 0 Å². The van der Waals surface area contributed by atoms with Crippen LogP contribution < -0.4 is 0 Å². The standard InChI is InChI=1S/C17H20F3N3O2S/c1-12-15(10-22(2)21-12)16-7-4-8-23(16)26(24,25)11-13-5-3-6-14(9-13)17(18,19)20/h3,5-6,9-10,16H,4,7-8,11H2,1-2H3. The van der Waals surface area contributed by atoms with E-state index in [2.05, 4.69) is 5.10 Å². The van der Waals surface area contributed by atoms with Crippen LogP contribution >= 0.6 is 0 Å². The topological polar surface area (TPSA) is 55.2 Å². The number of nitrogens with zero attached hydrogens (tertiary/aromatic N) is 3. The molecule has 5 nitrogen and oxygen atoms in total. The van der Waals surface area contributed by atoms with Gasteiger partial charge in [-0.05, 0) is 31.4 Å². The number of alkyl halides is 3. The van der Waals surface area contributed by atoms with Crippen molar-refractivity contribution >= 4 is 10.0 Å². The summed E-state index contributed by atoms with van der Waals surface area (Å²) in [6, 6.07) is 4.17. The van der Waals surface area contributed by atoms with Gasteiger partial charge in [0.2, 0.25) is 10.0 Å². The van der Waals surface area contributed by atoms with Gasteiger partial charge in [0, 0.05) is 25.4 Å². The molecule has 0 saturated carbocycles. The van der Waals surface area contributed by atoms with Crippen LogP contribution in [-0.4, -0.2) is 29.0 Å². The van der Waals surface area contributed by atoms with Crippen LogP contribution in [0, 0.1) is 6.92 Å². The first-order valence-corrected chi connectivity index (χ1v) is 9.84. The Kier molecular flexibility index (Phi) is 4.87. The Morgan fingerprint density at radius 2 is 2.04 bits per heavy atom. The molecule has 0 amide bonds. The zero-order chi connectivity index (χ0) is 19.1. The van der Waals surface area contributed by atoms with E-state index >= 15 is 0 Å². The van der Waals surface area contributed by atoms with Gasteiger partial charge in [-0.15, -0.1) is 0 Å². The van der Waals surface area contributed by atoms with Crippen molar-refractivity contribution in [3.63, 3.8) is 0 Å². The van der Waals surface area contributed by atoms with Crippen LogP contribution in [0.4, 0.5) is 13.2 Å². The van der Waals surface area contributed by atoms with E-state index in [4.69, 9.17) is 0 Å². The lowest BCUT2D eigenvalue weighted by Gasteiger charge is -2.24. The molecule has 0 N–H and O–H groups in total. The van der Waals surface area contributed by atoms with E-state index in [1.54, 1.807) is 17.9 Å². The summed E-state index contributed by atoms with van der Waals surface area (Å²) >= 11 is 0. The van der Waals surface area contributed by atoms with E-state index in [0.717, 1.165) is 23.4 Å². The van der Waals surface area contributed by atoms with Crippen LogP contribution in [0.1, 0.15) is 41.3 Å². The van der Waals surface area contributed by atoms with Crippen molar-refractivity contribution < 1.29 is 21.6 Å². The quantitative estimate of drug-likeness (QED) is 0.808. The largest absolute Gasteiger partial charge is 0.416 e. The summed E-state index contributed by atoms with van der Waals surface area (Å²) in [5.41, 5.74) is 0.899. The molecule has 1 fully saturated rings. The lowest BCUT2D eigenvalue weighted by Crippen LogP contribution is -2.32. The maximum absolute atomic E-state index is 12.9. The van der Waals surface area contributed by atoms with Gasteiger partial charge in [-0.3, -0.25) is 4.68 Å². The molecular weight excluding hydrogens is 367 g/mol. The van der Waals surface area contributed by atoms with Crippen molar-refractivity contribution in [2.24, 2.45) is 7.05 Å². The number of hydrogen-bond acceptors (Lipinski definition) is 3. The van der Waals surface area contributed by atoms with Crippen molar-refractivity contribution in [1.82, 2.24) is 14.1 Å². The molecule has 142 valence electrons. The SMILES string of the molecule is Cc1nn(C)cc1C1CCCN1S(=O)(=O)Cc1cccc(C(F)(F)F)c1. The molecule has 1 unspecified atom stereocenters. The third-order valence-electron chi connectivity index (χ3n) is 4.57. The number of aromatic nitrogens is 2. The Hall–Kier alpha value is -1.87. The van der Waals surface area contributed by atoms with Crippen LogP contribution in [0.5, 0.6) is 0 Å². The fraction of sp³-hybridized carbons (Fsp3) is 0.471. The normalized spacial score (nSPS) is 19.2. The third kappa shape index (κ3) is 3.78. The van der Waals surface area contributed by atoms with Crippen molar-refractivity contribution in [2.45, 2.75) is 37.7 Å². The van der Waals surface area contributed by atoms with Crippen LogP contribution in [-0.2, 0) is 29.0 Å². The van der Waals surface area contributed by atoms with Crippen molar-refractivity contribution in [3.8, 4) is 0 Å². The summed E-state index contributed by atoms with van der Waals surface area (Å²) in [6.07, 6.45) is -1.31. The molecule has 0 aliphatic carbocycles. The number of rotatable bonds is 4. The second-order valence-corrected chi connectivity index (χ2v) is 8.49. The number of sulfonamides is 1. The van der Waals surface area contributed by atoms with Crippen LogP contribution in [0.15, 0.2) is 30.5 Å². The van der Waals surface area contributed by atoms with Crippen LogP contribution in [0.25, 0.3) is 0 Å². The number of hydrogen-bond donors (Lipinski definition) is 0. The summed E-state index contributed by atoms with van der Waals surface area (Å²) in [7, 11) is -1.98. The van der Waals surface area contributed by atoms with E-state index in [1.807, 2.05) is 6.92 Å². The Bertz CT molecular complexity index is 906. The van der Waals surface area contributed by atoms with Gasteiger partial charge >= 0.3 is 6.18 Å². The van der Waals surface area contributed by atoms with E-state index < -0.39 is 27.5 Å². The molecule has 9 heteroatoms. The first-order valence-electron chi connectivity index (χ1n) is 8.24. The molecule has 1 aromatic carbocycles. The minimum Gasteiger partial charge on any atom is -0.275 e. The molecule has 2 heterocycles. The van der Waals surface area contributed by atoms with Gasteiger partial charge in [-0.1, -0.05) is 18.2 Å². The predicted octanol–water partition coefficient (Wildman–Crippen LogP) is 3.41. The highest BCUT2D eigenvalue weighted by Gasteiger charge is 2.37. The van der Waals surface area contributed by atoms with Gasteiger partial charge in [0.1, 0.15) is 0 Å². The molecule has 0 bridgehead atoms. The van der Waals surface area contributed by atoms with Crippen LogP contribution in [0.3, 0.4) is 0 Å². The average Bonchev–Trinajstić information content (AvgIpc) is 3.12. The third-order valence-corrected chi connectivity index (χ3v) is 6.42. The van der Waals surface area contributed by atoms with Gasteiger partial charge in [0.25, 0.3) is 0 Å². The van der Waals surface area contributed by atoms with Gasteiger partial charge in [-0.2, -0.15) is 22.6 Å². The van der Waals surface area contributed by atoms with Gasteiger partial charge < -0.3 is 0 Å². The lowest BCUT2D eigenvalue weighted by molar-refractivity contribution is -0.137. The smallest absolute Gasteiger partial charge is 0.275 e. The molecule has 1 atom stereocenters. The first kappa shape index (κ1) is 18.9. The van der Waals surface area contributed by atoms with E-state index in [9.17, 15) is 21.6 Å². The Morgan fingerprint density at radius 1 is 1.31 bits per heavy atom. The number of aryl methyl sites for hydroxylation is 2. The molecular formula is C17H20F3N3O2S. The molecule has 1 aromatic heterocycles. The minimum absolute atomic E-state index is 0.133. The van der Waals surface area contributed by atoms with Crippen molar-refractivity contribution in [3.05, 3.63) is 52.8 Å². The monoisotopic (exact) mass is 387 g/mol. The second kappa shape index (κ2) is 6.70. The van der Waals surface area contributed by atoms with Crippen molar-refractivity contribution in [2.75, 3.05) is 6.54 Å². The van der Waals surface area contributed by atoms with E-state index in [0.29, 0.717) is 19.4 Å². The number of halogens is 3. The number of benzene rings is 1. The Balaban J connectivity index is 1.87.